The molecule has 10 heavy (non-hydrogen) atoms. The van der Waals surface area contributed by atoms with Gasteiger partial charge in [-0.2, -0.15) is 0 Å². The molecule has 1 heterocycles. The van der Waals surface area contributed by atoms with Gasteiger partial charge in [0.05, 0.1) is 21.7 Å². The maximum atomic E-state index is 9.13. The van der Waals surface area contributed by atoms with Gasteiger partial charge >= 0.3 is 0 Å². The fourth-order valence-electron chi connectivity index (χ4n) is 0.612. The number of rotatable bonds is 1. The van der Waals surface area contributed by atoms with Crippen LogP contribution in [0.25, 0.3) is 0 Å². The number of aromatic hydroxyl groups is 1. The Balaban J connectivity index is 3.40. The Kier molecular flexibility index (Phi) is 1.16. The number of hydrogen-bond donors (Lipinski definition) is 1. The molecule has 3 heteroatoms. The van der Waals surface area contributed by atoms with Gasteiger partial charge in [-0.05, 0) is 6.92 Å². The van der Waals surface area contributed by atoms with E-state index in [0.29, 0.717) is 5.69 Å². The molecule has 0 spiro atoms. The first kappa shape index (κ1) is 4.55. The van der Waals surface area contributed by atoms with Crippen LogP contribution in [-0.2, 0) is 0 Å². The molecule has 0 aliphatic heterocycles. The van der Waals surface area contributed by atoms with Crippen molar-refractivity contribution >= 4 is 0 Å². The number of nitrogens with zero attached hydrogens (tertiary/aromatic N) is 1. The minimum atomic E-state index is -0.447. The van der Waals surface area contributed by atoms with Crippen molar-refractivity contribution in [2.45, 2.75) is 6.92 Å². The van der Waals surface area contributed by atoms with Crippen LogP contribution in [0.4, 0.5) is 0 Å². The van der Waals surface area contributed by atoms with E-state index in [-0.39, 0.29) is 18.0 Å². The van der Waals surface area contributed by atoms with Crippen molar-refractivity contribution in [3.05, 3.63) is 17.9 Å². The van der Waals surface area contributed by atoms with Crippen LogP contribution in [0.5, 0.6) is 11.5 Å². The van der Waals surface area contributed by atoms with Crippen molar-refractivity contribution in [2.75, 3.05) is 7.11 Å². The first-order valence-corrected chi connectivity index (χ1v) is 2.78. The van der Waals surface area contributed by atoms with Gasteiger partial charge in [-0.25, -0.2) is 0 Å². The molecule has 0 saturated heterocycles. The van der Waals surface area contributed by atoms with Gasteiger partial charge < -0.3 is 9.84 Å². The summed E-state index contributed by atoms with van der Waals surface area (Å²) in [6.07, 6.45) is -0.293. The molecule has 1 rings (SSSR count). The minimum Gasteiger partial charge on any atom is -0.506 e. The van der Waals surface area contributed by atoms with Crippen LogP contribution in [0.2, 0.25) is 0 Å². The van der Waals surface area contributed by atoms with Crippen LogP contribution in [0, 0.1) is 6.92 Å². The Labute approximate surface area is 62.1 Å². The number of pyridine rings is 1. The average molecular weight is 141 g/mol. The first-order valence-electron chi connectivity index (χ1n) is 3.78. The third kappa shape index (κ3) is 1.18. The van der Waals surface area contributed by atoms with E-state index in [1.54, 1.807) is 6.92 Å². The summed E-state index contributed by atoms with van der Waals surface area (Å²) >= 11 is 0. The zero-order chi connectivity index (χ0) is 9.30. The Hall–Kier alpha value is -1.25. The van der Waals surface area contributed by atoms with E-state index in [1.165, 1.54) is 7.11 Å². The largest absolute Gasteiger partial charge is 0.506 e. The molecule has 0 radical (unpaired) electrons. The summed E-state index contributed by atoms with van der Waals surface area (Å²) < 4.78 is 19.3. The van der Waals surface area contributed by atoms with Gasteiger partial charge in [-0.15, -0.1) is 0 Å². The maximum Gasteiger partial charge on any atom is 0.143 e. The molecule has 0 aliphatic carbocycles. The number of ether oxygens (including phenoxy) is 1. The zero-order valence-electron chi connectivity index (χ0n) is 7.80. The number of methoxy groups -OCH3 is 1. The third-order valence-electron chi connectivity index (χ3n) is 1.09. The second-order valence-corrected chi connectivity index (χ2v) is 1.82. The van der Waals surface area contributed by atoms with Crippen LogP contribution >= 0.6 is 0 Å². The number of aromatic nitrogens is 1. The van der Waals surface area contributed by atoms with Crippen LogP contribution in [0.3, 0.4) is 0 Å². The number of aryl methyl sites for hydroxylation is 1. The van der Waals surface area contributed by atoms with Gasteiger partial charge in [0.1, 0.15) is 11.5 Å². The average Bonchev–Trinajstić information content (AvgIpc) is 2.01. The number of hydrogen-bond acceptors (Lipinski definition) is 3. The highest BCUT2D eigenvalue weighted by Gasteiger charge is 1.98. The standard InChI is InChI=1S/C7H9NO2/c1-5-7(10-2)3-6(9)4-8-5/h3-4,9H,1-2H3/i3D,4D. The Bertz CT molecular complexity index is 315. The molecule has 0 aromatic carbocycles. The molecule has 0 amide bonds. The summed E-state index contributed by atoms with van der Waals surface area (Å²) in [5.41, 5.74) is 0.435. The second-order valence-electron chi connectivity index (χ2n) is 1.82. The Morgan fingerprint density at radius 1 is 1.80 bits per heavy atom. The van der Waals surface area contributed by atoms with Gasteiger partial charge in [-0.3, -0.25) is 4.98 Å². The van der Waals surface area contributed by atoms with E-state index in [0.717, 1.165) is 0 Å². The lowest BCUT2D eigenvalue weighted by Crippen LogP contribution is -1.88. The lowest BCUT2D eigenvalue weighted by molar-refractivity contribution is 0.401. The Morgan fingerprint density at radius 3 is 3.10 bits per heavy atom. The summed E-state index contributed by atoms with van der Waals surface area (Å²) in [6.45, 7) is 1.62. The second kappa shape index (κ2) is 2.56. The molecule has 54 valence electrons. The molecule has 3 nitrogen and oxygen atoms in total. The molecule has 1 aromatic heterocycles. The molecule has 0 atom stereocenters. The predicted octanol–water partition coefficient (Wildman–Crippen LogP) is 1.10. The lowest BCUT2D eigenvalue weighted by atomic mass is 10.3. The highest BCUT2D eigenvalue weighted by Crippen LogP contribution is 2.19. The van der Waals surface area contributed by atoms with Crippen LogP contribution in [0.15, 0.2) is 12.2 Å². The molecular formula is C7H9NO2. The van der Waals surface area contributed by atoms with Gasteiger partial charge in [0.2, 0.25) is 0 Å². The van der Waals surface area contributed by atoms with Crippen molar-refractivity contribution in [1.82, 2.24) is 4.98 Å². The van der Waals surface area contributed by atoms with E-state index in [4.69, 9.17) is 12.6 Å². The van der Waals surface area contributed by atoms with Crippen molar-refractivity contribution in [3.8, 4) is 11.5 Å². The van der Waals surface area contributed by atoms with Crippen molar-refractivity contribution in [1.29, 1.82) is 0 Å². The molecule has 0 aliphatic rings. The normalized spacial score (nSPS) is 12.2. The molecular weight excluding hydrogens is 130 g/mol. The van der Waals surface area contributed by atoms with Crippen LogP contribution in [-0.4, -0.2) is 17.2 Å². The van der Waals surface area contributed by atoms with Crippen molar-refractivity contribution in [2.24, 2.45) is 0 Å². The SMILES string of the molecule is [2H]c1nc(C)c(OC)c([2H])c1O. The first-order chi connectivity index (χ1) is 5.57. The van der Waals surface area contributed by atoms with Gasteiger partial charge in [0.25, 0.3) is 0 Å². The topological polar surface area (TPSA) is 42.4 Å². The third-order valence-corrected chi connectivity index (χ3v) is 1.09. The highest BCUT2D eigenvalue weighted by atomic mass is 16.5. The van der Waals surface area contributed by atoms with E-state index in [2.05, 4.69) is 4.98 Å². The van der Waals surface area contributed by atoms with E-state index >= 15 is 0 Å². The van der Waals surface area contributed by atoms with Gasteiger partial charge in [0, 0.05) is 6.04 Å². The minimum absolute atomic E-state index is 0.185. The molecule has 0 saturated carbocycles. The summed E-state index contributed by atoms with van der Waals surface area (Å²) in [5.74, 6) is -0.235. The van der Waals surface area contributed by atoms with E-state index < -0.39 is 5.75 Å². The molecule has 0 fully saturated rings. The monoisotopic (exact) mass is 141 g/mol. The van der Waals surface area contributed by atoms with Crippen molar-refractivity contribution in [3.63, 3.8) is 0 Å². The van der Waals surface area contributed by atoms with Gasteiger partial charge in [-0.1, -0.05) is 0 Å². The summed E-state index contributed by atoms with van der Waals surface area (Å²) in [7, 11) is 1.39. The summed E-state index contributed by atoms with van der Waals surface area (Å²) in [4.78, 5) is 3.68. The lowest BCUT2D eigenvalue weighted by Gasteiger charge is -2.01. The smallest absolute Gasteiger partial charge is 0.143 e. The summed E-state index contributed by atoms with van der Waals surface area (Å²) in [5, 5.41) is 9.13. The predicted molar refractivity (Wildman–Crippen MR) is 37.2 cm³/mol. The maximum absolute atomic E-state index is 9.13. The van der Waals surface area contributed by atoms with Crippen molar-refractivity contribution < 1.29 is 12.6 Å². The fraction of sp³-hybridized carbons (Fsp3) is 0.286. The summed E-state index contributed by atoms with van der Waals surface area (Å²) in [6, 6.07) is -0.185. The quantitative estimate of drug-likeness (QED) is 0.636. The molecule has 0 unspecified atom stereocenters. The van der Waals surface area contributed by atoms with Crippen LogP contribution < -0.4 is 4.74 Å². The van der Waals surface area contributed by atoms with Crippen LogP contribution in [0.1, 0.15) is 8.44 Å². The zero-order valence-corrected chi connectivity index (χ0v) is 5.80. The van der Waals surface area contributed by atoms with Gasteiger partial charge in [0.15, 0.2) is 0 Å². The Morgan fingerprint density at radius 2 is 2.50 bits per heavy atom. The highest BCUT2D eigenvalue weighted by molar-refractivity contribution is 5.32. The van der Waals surface area contributed by atoms with E-state index in [1.807, 2.05) is 0 Å². The molecule has 1 N–H and O–H groups in total. The fourth-order valence-corrected chi connectivity index (χ4v) is 0.612. The molecule has 0 bridgehead atoms. The van der Waals surface area contributed by atoms with E-state index in [9.17, 15) is 0 Å². The molecule has 1 aromatic rings.